The fraction of sp³-hybridized carbons (Fsp3) is 0.636. The maximum absolute atomic E-state index is 11.5. The van der Waals surface area contributed by atoms with Crippen LogP contribution in [0.5, 0.6) is 0 Å². The zero-order valence-electron chi connectivity index (χ0n) is 10.3. The van der Waals surface area contributed by atoms with E-state index < -0.39 is 17.7 Å². The highest BCUT2D eigenvalue weighted by Gasteiger charge is 2.19. The van der Waals surface area contributed by atoms with E-state index in [0.717, 1.165) is 0 Å². The fourth-order valence-electron chi connectivity index (χ4n) is 1.23. The van der Waals surface area contributed by atoms with Gasteiger partial charge in [0.15, 0.2) is 6.39 Å². The number of aromatic nitrogens is 1. The van der Waals surface area contributed by atoms with Crippen LogP contribution in [-0.4, -0.2) is 34.4 Å². The Morgan fingerprint density at radius 1 is 1.65 bits per heavy atom. The maximum Gasteiger partial charge on any atom is 0.407 e. The molecule has 0 saturated heterocycles. The minimum atomic E-state index is -0.558. The van der Waals surface area contributed by atoms with Gasteiger partial charge in [0.1, 0.15) is 11.9 Å². The topological polar surface area (TPSA) is 84.6 Å². The molecule has 96 valence electrons. The van der Waals surface area contributed by atoms with Gasteiger partial charge in [0, 0.05) is 6.42 Å². The summed E-state index contributed by atoms with van der Waals surface area (Å²) in [6.07, 6.45) is 2.61. The first kappa shape index (κ1) is 13.5. The number of alkyl carbamates (subject to hydrolysis) is 1. The van der Waals surface area contributed by atoms with E-state index in [9.17, 15) is 4.79 Å². The Morgan fingerprint density at radius 2 is 2.35 bits per heavy atom. The van der Waals surface area contributed by atoms with Gasteiger partial charge in [-0.2, -0.15) is 0 Å². The van der Waals surface area contributed by atoms with E-state index in [0.29, 0.717) is 12.1 Å². The van der Waals surface area contributed by atoms with Crippen LogP contribution in [0.2, 0.25) is 0 Å². The molecule has 1 aromatic rings. The highest BCUT2D eigenvalue weighted by atomic mass is 16.6. The van der Waals surface area contributed by atoms with Crippen molar-refractivity contribution in [3.05, 3.63) is 18.4 Å². The number of carbonyl (C=O) groups is 1. The maximum atomic E-state index is 11.5. The number of oxazole rings is 1. The fourth-order valence-corrected chi connectivity index (χ4v) is 1.23. The van der Waals surface area contributed by atoms with Crippen LogP contribution < -0.4 is 5.32 Å². The highest BCUT2D eigenvalue weighted by molar-refractivity contribution is 5.68. The van der Waals surface area contributed by atoms with Crippen LogP contribution in [0.15, 0.2) is 17.1 Å². The third-order valence-corrected chi connectivity index (χ3v) is 1.88. The minimum Gasteiger partial charge on any atom is -0.451 e. The predicted molar refractivity (Wildman–Crippen MR) is 60.5 cm³/mol. The molecule has 2 N–H and O–H groups in total. The number of hydrogen-bond acceptors (Lipinski definition) is 5. The second-order valence-electron chi connectivity index (χ2n) is 4.71. The van der Waals surface area contributed by atoms with Gasteiger partial charge in [0.2, 0.25) is 0 Å². The van der Waals surface area contributed by atoms with Gasteiger partial charge in [-0.05, 0) is 20.8 Å². The number of carbonyl (C=O) groups excluding carboxylic acids is 1. The lowest BCUT2D eigenvalue weighted by Gasteiger charge is -2.22. The Bertz CT molecular complexity index is 343. The van der Waals surface area contributed by atoms with E-state index in [4.69, 9.17) is 14.3 Å². The zero-order valence-corrected chi connectivity index (χ0v) is 10.3. The molecule has 0 aliphatic heterocycles. The monoisotopic (exact) mass is 242 g/mol. The quantitative estimate of drug-likeness (QED) is 0.826. The second-order valence-corrected chi connectivity index (χ2v) is 4.71. The van der Waals surface area contributed by atoms with Gasteiger partial charge in [-0.15, -0.1) is 0 Å². The molecule has 6 nitrogen and oxygen atoms in total. The summed E-state index contributed by atoms with van der Waals surface area (Å²) in [6, 6.07) is -0.435. The van der Waals surface area contributed by atoms with Crippen molar-refractivity contribution in [1.29, 1.82) is 0 Å². The smallest absolute Gasteiger partial charge is 0.407 e. The van der Waals surface area contributed by atoms with Crippen LogP contribution in [0.1, 0.15) is 26.5 Å². The van der Waals surface area contributed by atoms with Crippen molar-refractivity contribution in [3.8, 4) is 0 Å². The normalized spacial score (nSPS) is 13.2. The number of rotatable bonds is 4. The Labute approximate surface area is 100.0 Å². The Balaban J connectivity index is 2.44. The van der Waals surface area contributed by atoms with Gasteiger partial charge in [0.25, 0.3) is 0 Å². The number of nitrogens with zero attached hydrogens (tertiary/aromatic N) is 1. The lowest BCUT2D eigenvalue weighted by Crippen LogP contribution is -2.42. The van der Waals surface area contributed by atoms with Crippen molar-refractivity contribution in [1.82, 2.24) is 10.3 Å². The molecule has 1 aromatic heterocycles. The van der Waals surface area contributed by atoms with Crippen LogP contribution in [0.25, 0.3) is 0 Å². The summed E-state index contributed by atoms with van der Waals surface area (Å²) in [6.45, 7) is 5.14. The molecule has 0 radical (unpaired) electrons. The molecule has 0 aromatic carbocycles. The molecule has 0 saturated carbocycles. The van der Waals surface area contributed by atoms with Gasteiger partial charge in [-0.25, -0.2) is 9.78 Å². The lowest BCUT2D eigenvalue weighted by atomic mass is 10.2. The molecule has 0 fully saturated rings. The number of aliphatic hydroxyl groups is 1. The number of amides is 1. The summed E-state index contributed by atoms with van der Waals surface area (Å²) < 4.78 is 9.89. The SMILES string of the molecule is CC(C)(C)OC(=O)NC(CO)Cc1cocn1. The molecule has 1 atom stereocenters. The first-order valence-electron chi connectivity index (χ1n) is 5.38. The molecular weight excluding hydrogens is 224 g/mol. The zero-order chi connectivity index (χ0) is 12.9. The number of nitrogens with one attached hydrogen (secondary N) is 1. The molecule has 1 rings (SSSR count). The minimum absolute atomic E-state index is 0.188. The molecule has 0 aliphatic rings. The molecule has 0 spiro atoms. The van der Waals surface area contributed by atoms with E-state index in [1.54, 1.807) is 20.8 Å². The van der Waals surface area contributed by atoms with Crippen LogP contribution >= 0.6 is 0 Å². The number of aliphatic hydroxyl groups excluding tert-OH is 1. The summed E-state index contributed by atoms with van der Waals surface area (Å²) in [5, 5.41) is 11.7. The Kier molecular flexibility index (Phi) is 4.51. The Morgan fingerprint density at radius 3 is 2.82 bits per heavy atom. The average molecular weight is 242 g/mol. The van der Waals surface area contributed by atoms with Crippen LogP contribution in [0.4, 0.5) is 4.79 Å². The molecule has 0 bridgehead atoms. The van der Waals surface area contributed by atoms with Crippen LogP contribution in [0, 0.1) is 0 Å². The molecule has 17 heavy (non-hydrogen) atoms. The summed E-state index contributed by atoms with van der Waals surface area (Å²) in [7, 11) is 0. The molecule has 1 heterocycles. The number of hydrogen-bond donors (Lipinski definition) is 2. The standard InChI is InChI=1S/C11H18N2O4/c1-11(2,3)17-10(15)13-8(5-14)4-9-6-16-7-12-9/h6-8,14H,4-5H2,1-3H3,(H,13,15). The largest absolute Gasteiger partial charge is 0.451 e. The van der Waals surface area contributed by atoms with Crippen molar-refractivity contribution in [2.45, 2.75) is 38.8 Å². The summed E-state index contributed by atoms with van der Waals surface area (Å²) in [5.41, 5.74) is 0.109. The summed E-state index contributed by atoms with van der Waals surface area (Å²) in [5.74, 6) is 0. The van der Waals surface area contributed by atoms with E-state index in [1.165, 1.54) is 12.7 Å². The van der Waals surface area contributed by atoms with E-state index in [2.05, 4.69) is 10.3 Å². The number of ether oxygens (including phenoxy) is 1. The highest BCUT2D eigenvalue weighted by Crippen LogP contribution is 2.07. The van der Waals surface area contributed by atoms with E-state index in [-0.39, 0.29) is 6.61 Å². The van der Waals surface area contributed by atoms with Gasteiger partial charge >= 0.3 is 6.09 Å². The average Bonchev–Trinajstić information content (AvgIpc) is 2.66. The van der Waals surface area contributed by atoms with Crippen LogP contribution in [-0.2, 0) is 11.2 Å². The lowest BCUT2D eigenvalue weighted by molar-refractivity contribution is 0.0482. The third kappa shape index (κ3) is 5.35. The molecule has 1 amide bonds. The van der Waals surface area contributed by atoms with Gasteiger partial charge < -0.3 is 19.6 Å². The molecule has 0 aliphatic carbocycles. The predicted octanol–water partition coefficient (Wildman–Crippen LogP) is 1.10. The van der Waals surface area contributed by atoms with E-state index in [1.807, 2.05) is 0 Å². The summed E-state index contributed by atoms with van der Waals surface area (Å²) in [4.78, 5) is 15.4. The van der Waals surface area contributed by atoms with Crippen LogP contribution in [0.3, 0.4) is 0 Å². The first-order chi connectivity index (χ1) is 7.90. The first-order valence-corrected chi connectivity index (χ1v) is 5.38. The van der Waals surface area contributed by atoms with Gasteiger partial charge in [-0.3, -0.25) is 0 Å². The van der Waals surface area contributed by atoms with E-state index >= 15 is 0 Å². The molecule has 1 unspecified atom stereocenters. The summed E-state index contributed by atoms with van der Waals surface area (Å²) >= 11 is 0. The molecule has 6 heteroatoms. The van der Waals surface area contributed by atoms with Crippen molar-refractivity contribution in [2.24, 2.45) is 0 Å². The van der Waals surface area contributed by atoms with Crippen molar-refractivity contribution >= 4 is 6.09 Å². The van der Waals surface area contributed by atoms with Crippen molar-refractivity contribution in [2.75, 3.05) is 6.61 Å². The van der Waals surface area contributed by atoms with Gasteiger partial charge in [0.05, 0.1) is 18.3 Å². The van der Waals surface area contributed by atoms with Gasteiger partial charge in [-0.1, -0.05) is 0 Å². The molecular formula is C11H18N2O4. The second kappa shape index (κ2) is 5.67. The third-order valence-electron chi connectivity index (χ3n) is 1.88. The van der Waals surface area contributed by atoms with Crippen molar-refractivity contribution in [3.63, 3.8) is 0 Å². The Hall–Kier alpha value is -1.56. The van der Waals surface area contributed by atoms with Crippen molar-refractivity contribution < 1.29 is 19.1 Å².